The second-order valence-corrected chi connectivity index (χ2v) is 6.41. The third kappa shape index (κ3) is 2.49. The second-order valence-electron chi connectivity index (χ2n) is 5.38. The maximum absolute atomic E-state index is 5.70. The van der Waals surface area contributed by atoms with Crippen LogP contribution in [0.4, 0.5) is 5.13 Å². The van der Waals surface area contributed by atoms with E-state index in [-0.39, 0.29) is 0 Å². The highest BCUT2D eigenvalue weighted by Gasteiger charge is 2.25. The van der Waals surface area contributed by atoms with Gasteiger partial charge in [-0.25, -0.2) is 4.98 Å². The predicted octanol–water partition coefficient (Wildman–Crippen LogP) is 3.38. The molecule has 1 aliphatic rings. The number of hydrogen-bond acceptors (Lipinski definition) is 6. The molecule has 0 amide bonds. The third-order valence-corrected chi connectivity index (χ3v) is 4.80. The van der Waals surface area contributed by atoms with E-state index >= 15 is 0 Å². The van der Waals surface area contributed by atoms with Gasteiger partial charge in [0.25, 0.3) is 5.89 Å². The van der Waals surface area contributed by atoms with Crippen LogP contribution in [-0.2, 0) is 0 Å². The fraction of sp³-hybridized carbons (Fsp3) is 0.615. The Morgan fingerprint density at radius 2 is 1.95 bits per heavy atom. The van der Waals surface area contributed by atoms with E-state index in [1.54, 1.807) is 0 Å². The molecule has 1 aliphatic carbocycles. The van der Waals surface area contributed by atoms with Gasteiger partial charge in [0, 0.05) is 5.92 Å². The zero-order valence-corrected chi connectivity index (χ0v) is 12.0. The zero-order valence-electron chi connectivity index (χ0n) is 11.2. The van der Waals surface area contributed by atoms with Gasteiger partial charge in [0.2, 0.25) is 0 Å². The van der Waals surface area contributed by atoms with Crippen molar-refractivity contribution in [1.82, 2.24) is 15.1 Å². The topological polar surface area (TPSA) is 77.8 Å². The monoisotopic (exact) mass is 278 g/mol. The maximum Gasteiger partial charge on any atom is 0.270 e. The molecule has 1 fully saturated rings. The number of anilines is 1. The predicted molar refractivity (Wildman–Crippen MR) is 74.9 cm³/mol. The van der Waals surface area contributed by atoms with Crippen LogP contribution in [-0.4, -0.2) is 15.1 Å². The molecule has 0 aliphatic heterocycles. The number of thiazole rings is 1. The molecule has 2 aromatic rings. The van der Waals surface area contributed by atoms with Crippen LogP contribution >= 0.6 is 11.3 Å². The molecule has 3 rings (SSSR count). The number of rotatable bonds is 2. The Morgan fingerprint density at radius 3 is 2.58 bits per heavy atom. The van der Waals surface area contributed by atoms with Gasteiger partial charge < -0.3 is 10.3 Å². The summed E-state index contributed by atoms with van der Waals surface area (Å²) >= 11 is 1.40. The van der Waals surface area contributed by atoms with E-state index in [0.717, 1.165) is 35.2 Å². The Bertz CT molecular complexity index is 569. The van der Waals surface area contributed by atoms with Gasteiger partial charge in [0.05, 0.1) is 5.69 Å². The van der Waals surface area contributed by atoms with Crippen molar-refractivity contribution in [2.45, 2.75) is 45.4 Å². The molecule has 0 atom stereocenters. The standard InChI is InChI=1S/C13H18N4OS/c1-7-3-5-9(6-4-7)11-16-12(18-17-11)10-8(2)15-13(14)19-10/h7,9H,3-6H2,1-2H3,(H2,14,15). The minimum absolute atomic E-state index is 0.444. The minimum Gasteiger partial charge on any atom is -0.375 e. The number of nitrogen functional groups attached to an aromatic ring is 1. The number of aromatic nitrogens is 3. The average Bonchev–Trinajstić information content (AvgIpc) is 2.97. The molecular weight excluding hydrogens is 260 g/mol. The summed E-state index contributed by atoms with van der Waals surface area (Å²) in [5, 5.41) is 4.68. The molecule has 6 heteroatoms. The summed E-state index contributed by atoms with van der Waals surface area (Å²) in [5.74, 6) is 2.67. The molecule has 0 unspecified atom stereocenters. The second kappa shape index (κ2) is 4.92. The fourth-order valence-corrected chi connectivity index (χ4v) is 3.38. The highest BCUT2D eigenvalue weighted by molar-refractivity contribution is 7.18. The van der Waals surface area contributed by atoms with Crippen LogP contribution in [0, 0.1) is 12.8 Å². The third-order valence-electron chi connectivity index (χ3n) is 3.83. The van der Waals surface area contributed by atoms with Crippen LogP contribution in [0.5, 0.6) is 0 Å². The number of nitrogens with zero attached hydrogens (tertiary/aromatic N) is 3. The van der Waals surface area contributed by atoms with Crippen molar-refractivity contribution in [3.05, 3.63) is 11.5 Å². The van der Waals surface area contributed by atoms with Gasteiger partial charge >= 0.3 is 0 Å². The number of hydrogen-bond donors (Lipinski definition) is 1. The summed E-state index contributed by atoms with van der Waals surface area (Å²) in [7, 11) is 0. The van der Waals surface area contributed by atoms with E-state index < -0.39 is 0 Å². The normalized spacial score (nSPS) is 23.7. The van der Waals surface area contributed by atoms with E-state index in [9.17, 15) is 0 Å². The zero-order chi connectivity index (χ0) is 13.4. The van der Waals surface area contributed by atoms with Crippen LogP contribution < -0.4 is 5.73 Å². The van der Waals surface area contributed by atoms with Gasteiger partial charge in [-0.1, -0.05) is 36.3 Å². The lowest BCUT2D eigenvalue weighted by Crippen LogP contribution is -2.11. The van der Waals surface area contributed by atoms with Crippen molar-refractivity contribution in [2.75, 3.05) is 5.73 Å². The molecule has 5 nitrogen and oxygen atoms in total. The van der Waals surface area contributed by atoms with Crippen molar-refractivity contribution in [3.8, 4) is 10.8 Å². The summed E-state index contributed by atoms with van der Waals surface area (Å²) in [5.41, 5.74) is 6.56. The average molecular weight is 278 g/mol. The lowest BCUT2D eigenvalue weighted by Gasteiger charge is -2.23. The maximum atomic E-state index is 5.70. The van der Waals surface area contributed by atoms with Crippen molar-refractivity contribution >= 4 is 16.5 Å². The molecule has 2 N–H and O–H groups in total. The summed E-state index contributed by atoms with van der Waals surface area (Å²) < 4.78 is 5.38. The fourth-order valence-electron chi connectivity index (χ4n) is 2.63. The van der Waals surface area contributed by atoms with Crippen LogP contribution in [0.25, 0.3) is 10.8 Å². The Kier molecular flexibility index (Phi) is 3.26. The van der Waals surface area contributed by atoms with E-state index in [1.807, 2.05) is 6.92 Å². The van der Waals surface area contributed by atoms with Gasteiger partial charge in [-0.2, -0.15) is 4.98 Å². The van der Waals surface area contributed by atoms with Crippen LogP contribution in [0.15, 0.2) is 4.52 Å². The molecule has 19 heavy (non-hydrogen) atoms. The first-order valence-corrected chi connectivity index (χ1v) is 7.52. The SMILES string of the molecule is Cc1nc(N)sc1-c1nc(C2CCC(C)CC2)no1. The van der Waals surface area contributed by atoms with Crippen LogP contribution in [0.3, 0.4) is 0 Å². The lowest BCUT2D eigenvalue weighted by atomic mass is 9.83. The highest BCUT2D eigenvalue weighted by atomic mass is 32.1. The highest BCUT2D eigenvalue weighted by Crippen LogP contribution is 2.36. The number of aryl methyl sites for hydroxylation is 1. The van der Waals surface area contributed by atoms with Crippen molar-refractivity contribution in [2.24, 2.45) is 5.92 Å². The summed E-state index contributed by atoms with van der Waals surface area (Å²) in [6, 6.07) is 0. The smallest absolute Gasteiger partial charge is 0.270 e. The van der Waals surface area contributed by atoms with Crippen molar-refractivity contribution < 1.29 is 4.52 Å². The summed E-state index contributed by atoms with van der Waals surface area (Å²) in [6.45, 7) is 4.22. The molecule has 1 saturated carbocycles. The molecule has 0 bridgehead atoms. The Morgan fingerprint density at radius 1 is 1.21 bits per heavy atom. The van der Waals surface area contributed by atoms with E-state index in [4.69, 9.17) is 10.3 Å². The van der Waals surface area contributed by atoms with Gasteiger partial charge in [0.15, 0.2) is 11.0 Å². The Labute approximate surface area is 116 Å². The first kappa shape index (κ1) is 12.6. The van der Waals surface area contributed by atoms with Crippen LogP contribution in [0.2, 0.25) is 0 Å². The molecule has 0 radical (unpaired) electrons. The molecule has 2 aromatic heterocycles. The summed E-state index contributed by atoms with van der Waals surface area (Å²) in [6.07, 6.45) is 4.82. The number of nitrogens with two attached hydrogens (primary N) is 1. The largest absolute Gasteiger partial charge is 0.375 e. The molecule has 0 spiro atoms. The molecule has 0 aromatic carbocycles. The molecule has 0 saturated heterocycles. The van der Waals surface area contributed by atoms with Gasteiger partial charge in [-0.3, -0.25) is 0 Å². The first-order valence-electron chi connectivity index (χ1n) is 6.70. The van der Waals surface area contributed by atoms with Crippen molar-refractivity contribution in [3.63, 3.8) is 0 Å². The van der Waals surface area contributed by atoms with Gasteiger partial charge in [0.1, 0.15) is 4.88 Å². The van der Waals surface area contributed by atoms with Crippen LogP contribution in [0.1, 0.15) is 50.0 Å². The minimum atomic E-state index is 0.444. The van der Waals surface area contributed by atoms with E-state index in [2.05, 4.69) is 22.0 Å². The summed E-state index contributed by atoms with van der Waals surface area (Å²) in [4.78, 5) is 9.62. The lowest BCUT2D eigenvalue weighted by molar-refractivity contribution is 0.329. The first-order chi connectivity index (χ1) is 9.13. The molecule has 102 valence electrons. The van der Waals surface area contributed by atoms with E-state index in [1.165, 1.54) is 24.2 Å². The Balaban J connectivity index is 1.81. The van der Waals surface area contributed by atoms with Crippen molar-refractivity contribution in [1.29, 1.82) is 0 Å². The molecule has 2 heterocycles. The van der Waals surface area contributed by atoms with Gasteiger partial charge in [-0.15, -0.1) is 0 Å². The molecular formula is C13H18N4OS. The quantitative estimate of drug-likeness (QED) is 0.911. The Hall–Kier alpha value is -1.43. The van der Waals surface area contributed by atoms with Gasteiger partial charge in [-0.05, 0) is 25.7 Å². The van der Waals surface area contributed by atoms with E-state index in [0.29, 0.717) is 16.9 Å².